The lowest BCUT2D eigenvalue weighted by atomic mass is 10.1. The number of hydrogen-bond donors (Lipinski definition) is 2. The third kappa shape index (κ3) is 4.51. The average molecular weight is 340 g/mol. The van der Waals surface area contributed by atoms with Gasteiger partial charge in [-0.25, -0.2) is 0 Å². The van der Waals surface area contributed by atoms with Gasteiger partial charge >= 0.3 is 0 Å². The van der Waals surface area contributed by atoms with Gasteiger partial charge in [-0.3, -0.25) is 4.79 Å². The van der Waals surface area contributed by atoms with Crippen molar-refractivity contribution >= 4 is 5.91 Å². The molecule has 0 spiro atoms. The first-order valence-corrected chi connectivity index (χ1v) is 8.78. The van der Waals surface area contributed by atoms with E-state index in [2.05, 4.69) is 10.6 Å². The molecule has 2 aromatic rings. The number of nitrogens with one attached hydrogen (secondary N) is 2. The molecule has 2 N–H and O–H groups in total. The Morgan fingerprint density at radius 1 is 1.12 bits per heavy atom. The first-order chi connectivity index (χ1) is 12.3. The molecule has 0 aromatic heterocycles. The topological polar surface area (TPSA) is 59.6 Å². The number of para-hydroxylation sites is 3. The van der Waals surface area contributed by atoms with Crippen LogP contribution in [0.1, 0.15) is 30.1 Å². The van der Waals surface area contributed by atoms with Crippen molar-refractivity contribution < 1.29 is 14.3 Å². The largest absolute Gasteiger partial charge is 0.490 e. The summed E-state index contributed by atoms with van der Waals surface area (Å²) in [6.45, 7) is 4.30. The number of carbonyl (C=O) groups excluding carboxylic acids is 1. The first kappa shape index (κ1) is 17.3. The van der Waals surface area contributed by atoms with Gasteiger partial charge in [0.15, 0.2) is 11.5 Å². The van der Waals surface area contributed by atoms with E-state index in [0.717, 1.165) is 25.9 Å². The van der Waals surface area contributed by atoms with Crippen molar-refractivity contribution in [2.45, 2.75) is 25.8 Å². The Bertz CT molecular complexity index is 712. The predicted molar refractivity (Wildman–Crippen MR) is 97.5 cm³/mol. The van der Waals surface area contributed by atoms with Crippen molar-refractivity contribution in [3.05, 3.63) is 54.1 Å². The molecular formula is C20H24N2O3. The molecule has 0 aliphatic carbocycles. The number of amides is 1. The molecule has 0 unspecified atom stereocenters. The second-order valence-corrected chi connectivity index (χ2v) is 5.99. The molecule has 0 bridgehead atoms. The van der Waals surface area contributed by atoms with E-state index in [1.807, 2.05) is 43.3 Å². The van der Waals surface area contributed by atoms with Crippen LogP contribution in [0.2, 0.25) is 0 Å². The summed E-state index contributed by atoms with van der Waals surface area (Å²) in [5, 5.41) is 6.39. The summed E-state index contributed by atoms with van der Waals surface area (Å²) in [5.74, 6) is 1.68. The summed E-state index contributed by atoms with van der Waals surface area (Å²) in [5.41, 5.74) is 0.527. The Balaban J connectivity index is 1.78. The SMILES string of the molecule is CCOc1ccccc1Oc1ccccc1C(=O)N[C@H]1CCCNC1. The van der Waals surface area contributed by atoms with Crippen molar-refractivity contribution in [3.8, 4) is 17.2 Å². The highest BCUT2D eigenvalue weighted by Crippen LogP contribution is 2.33. The average Bonchev–Trinajstić information content (AvgIpc) is 2.65. The summed E-state index contributed by atoms with van der Waals surface area (Å²) in [7, 11) is 0. The molecule has 1 saturated heterocycles. The van der Waals surface area contributed by atoms with Gasteiger partial charge < -0.3 is 20.1 Å². The Morgan fingerprint density at radius 2 is 1.84 bits per heavy atom. The highest BCUT2D eigenvalue weighted by molar-refractivity contribution is 5.97. The van der Waals surface area contributed by atoms with Crippen LogP contribution in [0.15, 0.2) is 48.5 Å². The van der Waals surface area contributed by atoms with Gasteiger partial charge in [0.2, 0.25) is 0 Å². The Labute approximate surface area is 148 Å². The number of benzene rings is 2. The number of piperidine rings is 1. The van der Waals surface area contributed by atoms with Gasteiger partial charge in [-0.1, -0.05) is 24.3 Å². The van der Waals surface area contributed by atoms with Crippen LogP contribution in [-0.2, 0) is 0 Å². The fraction of sp³-hybridized carbons (Fsp3) is 0.350. The molecule has 1 fully saturated rings. The second kappa shape index (κ2) is 8.53. The molecule has 0 saturated carbocycles. The maximum atomic E-state index is 12.7. The van der Waals surface area contributed by atoms with Crippen LogP contribution in [-0.4, -0.2) is 31.6 Å². The lowest BCUT2D eigenvalue weighted by molar-refractivity contribution is 0.0928. The van der Waals surface area contributed by atoms with Crippen molar-refractivity contribution in [2.24, 2.45) is 0 Å². The van der Waals surface area contributed by atoms with Gasteiger partial charge in [-0.15, -0.1) is 0 Å². The van der Waals surface area contributed by atoms with E-state index >= 15 is 0 Å². The van der Waals surface area contributed by atoms with E-state index in [-0.39, 0.29) is 11.9 Å². The van der Waals surface area contributed by atoms with Crippen LogP contribution >= 0.6 is 0 Å². The quantitative estimate of drug-likeness (QED) is 0.846. The minimum Gasteiger partial charge on any atom is -0.490 e. The molecule has 5 nitrogen and oxygen atoms in total. The molecule has 3 rings (SSSR count). The highest BCUT2D eigenvalue weighted by atomic mass is 16.5. The second-order valence-electron chi connectivity index (χ2n) is 5.99. The minimum atomic E-state index is -0.113. The number of hydrogen-bond acceptors (Lipinski definition) is 4. The number of ether oxygens (including phenoxy) is 2. The molecule has 1 aliphatic heterocycles. The van der Waals surface area contributed by atoms with E-state index < -0.39 is 0 Å². The molecule has 2 aromatic carbocycles. The van der Waals surface area contributed by atoms with Crippen LogP contribution in [0.4, 0.5) is 0 Å². The predicted octanol–water partition coefficient (Wildman–Crippen LogP) is 3.36. The van der Waals surface area contributed by atoms with Crippen molar-refractivity contribution in [2.75, 3.05) is 19.7 Å². The van der Waals surface area contributed by atoms with E-state index in [1.165, 1.54) is 0 Å². The molecular weight excluding hydrogens is 316 g/mol. The number of carbonyl (C=O) groups is 1. The minimum absolute atomic E-state index is 0.113. The molecule has 5 heteroatoms. The van der Waals surface area contributed by atoms with E-state index in [1.54, 1.807) is 12.1 Å². The summed E-state index contributed by atoms with van der Waals surface area (Å²) in [6.07, 6.45) is 2.07. The van der Waals surface area contributed by atoms with E-state index in [0.29, 0.717) is 29.4 Å². The summed E-state index contributed by atoms with van der Waals surface area (Å²) < 4.78 is 11.6. The fourth-order valence-corrected chi connectivity index (χ4v) is 2.91. The summed E-state index contributed by atoms with van der Waals surface area (Å²) >= 11 is 0. The molecule has 1 atom stereocenters. The van der Waals surface area contributed by atoms with E-state index in [4.69, 9.17) is 9.47 Å². The van der Waals surface area contributed by atoms with Crippen LogP contribution in [0, 0.1) is 0 Å². The fourth-order valence-electron chi connectivity index (χ4n) is 2.91. The Hall–Kier alpha value is -2.53. The monoisotopic (exact) mass is 340 g/mol. The summed E-state index contributed by atoms with van der Waals surface area (Å²) in [6, 6.07) is 14.9. The molecule has 0 radical (unpaired) electrons. The first-order valence-electron chi connectivity index (χ1n) is 8.78. The molecule has 1 aliphatic rings. The molecule has 25 heavy (non-hydrogen) atoms. The van der Waals surface area contributed by atoms with Crippen LogP contribution in [0.3, 0.4) is 0 Å². The van der Waals surface area contributed by atoms with Crippen molar-refractivity contribution in [1.82, 2.24) is 10.6 Å². The van der Waals surface area contributed by atoms with Crippen LogP contribution in [0.5, 0.6) is 17.2 Å². The standard InChI is InChI=1S/C20H24N2O3/c1-2-24-18-11-5-6-12-19(18)25-17-10-4-3-9-16(17)20(23)22-15-8-7-13-21-14-15/h3-6,9-12,15,21H,2,7-8,13-14H2,1H3,(H,22,23)/t15-/m0/s1. The van der Waals surface area contributed by atoms with Gasteiger partial charge in [-0.05, 0) is 50.6 Å². The molecule has 1 amide bonds. The zero-order valence-corrected chi connectivity index (χ0v) is 14.5. The lowest BCUT2D eigenvalue weighted by Crippen LogP contribution is -2.45. The Kier molecular flexibility index (Phi) is 5.90. The van der Waals surface area contributed by atoms with Crippen LogP contribution < -0.4 is 20.1 Å². The molecule has 132 valence electrons. The third-order valence-electron chi connectivity index (χ3n) is 4.13. The molecule has 1 heterocycles. The van der Waals surface area contributed by atoms with Crippen molar-refractivity contribution in [3.63, 3.8) is 0 Å². The van der Waals surface area contributed by atoms with Crippen molar-refractivity contribution in [1.29, 1.82) is 0 Å². The highest BCUT2D eigenvalue weighted by Gasteiger charge is 2.19. The number of rotatable bonds is 6. The van der Waals surface area contributed by atoms with E-state index in [9.17, 15) is 4.79 Å². The summed E-state index contributed by atoms with van der Waals surface area (Å²) in [4.78, 5) is 12.7. The van der Waals surface area contributed by atoms with Crippen LogP contribution in [0.25, 0.3) is 0 Å². The third-order valence-corrected chi connectivity index (χ3v) is 4.13. The lowest BCUT2D eigenvalue weighted by Gasteiger charge is -2.24. The zero-order valence-electron chi connectivity index (χ0n) is 14.5. The van der Waals surface area contributed by atoms with Gasteiger partial charge in [0.05, 0.1) is 12.2 Å². The van der Waals surface area contributed by atoms with Gasteiger partial charge in [-0.2, -0.15) is 0 Å². The smallest absolute Gasteiger partial charge is 0.255 e. The van der Waals surface area contributed by atoms with Gasteiger partial charge in [0, 0.05) is 12.6 Å². The Morgan fingerprint density at radius 3 is 2.56 bits per heavy atom. The maximum absolute atomic E-state index is 12.7. The zero-order chi connectivity index (χ0) is 17.5. The normalized spacial score (nSPS) is 16.9. The van der Waals surface area contributed by atoms with Gasteiger partial charge in [0.25, 0.3) is 5.91 Å². The maximum Gasteiger partial charge on any atom is 0.255 e. The van der Waals surface area contributed by atoms with Gasteiger partial charge in [0.1, 0.15) is 5.75 Å².